The van der Waals surface area contributed by atoms with Crippen molar-refractivity contribution in [3.8, 4) is 11.3 Å². The summed E-state index contributed by atoms with van der Waals surface area (Å²) in [5.74, 6) is 0.290. The Morgan fingerprint density at radius 3 is 2.82 bits per heavy atom. The van der Waals surface area contributed by atoms with Gasteiger partial charge in [-0.2, -0.15) is 5.10 Å². The van der Waals surface area contributed by atoms with Gasteiger partial charge in [0, 0.05) is 24.4 Å². The van der Waals surface area contributed by atoms with E-state index < -0.39 is 0 Å². The number of aryl methyl sites for hydroxylation is 1. The van der Waals surface area contributed by atoms with Gasteiger partial charge in [-0.05, 0) is 13.0 Å². The average Bonchev–Trinajstić information content (AvgIpc) is 3.22. The number of carbonyl (C=O) groups excluding carboxylic acids is 1. The standard InChI is InChI=1S/C16H16N4O2/c1-2-20-9-8-13(18-20)11-17-16(21)14-10-15(22-19-14)12-6-4-3-5-7-12/h3-10H,2,11H2,1H3,(H,17,21). The molecular formula is C16H16N4O2. The molecule has 0 saturated carbocycles. The van der Waals surface area contributed by atoms with E-state index in [-0.39, 0.29) is 11.6 Å². The van der Waals surface area contributed by atoms with Crippen LogP contribution in [0.4, 0.5) is 0 Å². The second-order valence-electron chi connectivity index (χ2n) is 4.79. The fraction of sp³-hybridized carbons (Fsp3) is 0.188. The Bertz CT molecular complexity index is 761. The van der Waals surface area contributed by atoms with Crippen LogP contribution >= 0.6 is 0 Å². The average molecular weight is 296 g/mol. The SMILES string of the molecule is CCn1ccc(CNC(=O)c2cc(-c3ccccc3)on2)n1. The smallest absolute Gasteiger partial charge is 0.273 e. The maximum absolute atomic E-state index is 12.1. The van der Waals surface area contributed by atoms with E-state index in [0.717, 1.165) is 17.8 Å². The van der Waals surface area contributed by atoms with Crippen molar-refractivity contribution in [3.05, 3.63) is 60.0 Å². The molecule has 1 amide bonds. The number of nitrogens with one attached hydrogen (secondary N) is 1. The van der Waals surface area contributed by atoms with Crippen molar-refractivity contribution in [1.29, 1.82) is 0 Å². The molecule has 1 aromatic carbocycles. The minimum absolute atomic E-state index is 0.258. The molecule has 22 heavy (non-hydrogen) atoms. The molecule has 3 rings (SSSR count). The molecule has 0 spiro atoms. The summed E-state index contributed by atoms with van der Waals surface area (Å²) in [5, 5.41) is 10.9. The highest BCUT2D eigenvalue weighted by molar-refractivity contribution is 5.92. The zero-order valence-electron chi connectivity index (χ0n) is 12.2. The van der Waals surface area contributed by atoms with Gasteiger partial charge in [0.1, 0.15) is 0 Å². The Morgan fingerprint density at radius 1 is 1.27 bits per heavy atom. The second kappa shape index (κ2) is 6.26. The first-order valence-corrected chi connectivity index (χ1v) is 7.09. The van der Waals surface area contributed by atoms with Gasteiger partial charge in [0.05, 0.1) is 12.2 Å². The molecule has 6 nitrogen and oxygen atoms in total. The van der Waals surface area contributed by atoms with E-state index in [1.807, 2.05) is 54.2 Å². The minimum Gasteiger partial charge on any atom is -0.355 e. The predicted molar refractivity (Wildman–Crippen MR) is 81.0 cm³/mol. The van der Waals surface area contributed by atoms with E-state index in [1.165, 1.54) is 0 Å². The summed E-state index contributed by atoms with van der Waals surface area (Å²) >= 11 is 0. The molecule has 2 aromatic heterocycles. The normalized spacial score (nSPS) is 10.6. The van der Waals surface area contributed by atoms with Gasteiger partial charge in [0.15, 0.2) is 11.5 Å². The van der Waals surface area contributed by atoms with Crippen LogP contribution in [0.2, 0.25) is 0 Å². The maximum atomic E-state index is 12.1. The van der Waals surface area contributed by atoms with E-state index >= 15 is 0 Å². The van der Waals surface area contributed by atoms with E-state index in [9.17, 15) is 4.79 Å². The van der Waals surface area contributed by atoms with Crippen LogP contribution in [0.25, 0.3) is 11.3 Å². The first-order valence-electron chi connectivity index (χ1n) is 7.09. The number of carbonyl (C=O) groups is 1. The Balaban J connectivity index is 1.64. The molecule has 0 atom stereocenters. The van der Waals surface area contributed by atoms with E-state index in [2.05, 4.69) is 15.6 Å². The second-order valence-corrected chi connectivity index (χ2v) is 4.79. The molecule has 3 aromatic rings. The number of rotatable bonds is 5. The third-order valence-electron chi connectivity index (χ3n) is 3.25. The van der Waals surface area contributed by atoms with Gasteiger partial charge >= 0.3 is 0 Å². The van der Waals surface area contributed by atoms with Crippen molar-refractivity contribution in [2.24, 2.45) is 0 Å². The molecule has 0 aliphatic carbocycles. The molecule has 0 aliphatic rings. The summed E-state index contributed by atoms with van der Waals surface area (Å²) in [4.78, 5) is 12.1. The Labute approximate surface area is 127 Å². The van der Waals surface area contributed by atoms with Gasteiger partial charge in [-0.1, -0.05) is 35.5 Å². The summed E-state index contributed by atoms with van der Waals surface area (Å²) in [7, 11) is 0. The van der Waals surface area contributed by atoms with Gasteiger partial charge in [0.2, 0.25) is 0 Å². The number of nitrogens with zero attached hydrogens (tertiary/aromatic N) is 3. The fourth-order valence-electron chi connectivity index (χ4n) is 2.06. The van der Waals surface area contributed by atoms with Crippen LogP contribution in [0.5, 0.6) is 0 Å². The summed E-state index contributed by atoms with van der Waals surface area (Å²) in [6.07, 6.45) is 1.88. The molecule has 0 saturated heterocycles. The molecule has 2 heterocycles. The van der Waals surface area contributed by atoms with Crippen molar-refractivity contribution in [1.82, 2.24) is 20.3 Å². The molecule has 112 valence electrons. The highest BCUT2D eigenvalue weighted by atomic mass is 16.5. The molecule has 0 unspecified atom stereocenters. The van der Waals surface area contributed by atoms with Crippen LogP contribution in [-0.2, 0) is 13.1 Å². The Morgan fingerprint density at radius 2 is 2.09 bits per heavy atom. The number of benzene rings is 1. The van der Waals surface area contributed by atoms with Crippen molar-refractivity contribution in [3.63, 3.8) is 0 Å². The number of hydrogen-bond donors (Lipinski definition) is 1. The summed E-state index contributed by atoms with van der Waals surface area (Å²) in [6.45, 7) is 3.17. The lowest BCUT2D eigenvalue weighted by Crippen LogP contribution is -2.23. The van der Waals surface area contributed by atoms with Crippen molar-refractivity contribution >= 4 is 5.91 Å². The third kappa shape index (κ3) is 3.06. The number of hydrogen-bond acceptors (Lipinski definition) is 4. The van der Waals surface area contributed by atoms with Crippen LogP contribution < -0.4 is 5.32 Å². The molecule has 1 N–H and O–H groups in total. The van der Waals surface area contributed by atoms with E-state index in [0.29, 0.717) is 12.3 Å². The maximum Gasteiger partial charge on any atom is 0.273 e. The van der Waals surface area contributed by atoms with Crippen LogP contribution in [0, 0.1) is 0 Å². The zero-order chi connectivity index (χ0) is 15.4. The Hall–Kier alpha value is -2.89. The first-order chi connectivity index (χ1) is 10.8. The van der Waals surface area contributed by atoms with Crippen LogP contribution in [0.1, 0.15) is 23.1 Å². The molecular weight excluding hydrogens is 280 g/mol. The predicted octanol–water partition coefficient (Wildman–Crippen LogP) is 2.49. The van der Waals surface area contributed by atoms with E-state index in [1.54, 1.807) is 6.07 Å². The monoisotopic (exact) mass is 296 g/mol. The Kier molecular flexibility index (Phi) is 4.00. The first kappa shape index (κ1) is 14.1. The van der Waals surface area contributed by atoms with Gasteiger partial charge in [0.25, 0.3) is 5.91 Å². The van der Waals surface area contributed by atoms with Crippen molar-refractivity contribution in [2.45, 2.75) is 20.0 Å². The van der Waals surface area contributed by atoms with Crippen LogP contribution in [-0.4, -0.2) is 20.8 Å². The highest BCUT2D eigenvalue weighted by Crippen LogP contribution is 2.19. The molecule has 0 bridgehead atoms. The number of aromatic nitrogens is 3. The lowest BCUT2D eigenvalue weighted by molar-refractivity contribution is 0.0941. The lowest BCUT2D eigenvalue weighted by Gasteiger charge is -1.99. The summed E-state index contributed by atoms with van der Waals surface area (Å²) < 4.78 is 7.03. The van der Waals surface area contributed by atoms with Crippen molar-refractivity contribution in [2.75, 3.05) is 0 Å². The topological polar surface area (TPSA) is 73.0 Å². The molecule has 6 heteroatoms. The quantitative estimate of drug-likeness (QED) is 0.785. The van der Waals surface area contributed by atoms with Crippen LogP contribution in [0.3, 0.4) is 0 Å². The lowest BCUT2D eigenvalue weighted by atomic mass is 10.1. The van der Waals surface area contributed by atoms with Crippen molar-refractivity contribution < 1.29 is 9.32 Å². The minimum atomic E-state index is -0.281. The van der Waals surface area contributed by atoms with Gasteiger partial charge in [-0.3, -0.25) is 9.48 Å². The highest BCUT2D eigenvalue weighted by Gasteiger charge is 2.13. The number of amides is 1. The van der Waals surface area contributed by atoms with Gasteiger partial charge in [-0.25, -0.2) is 0 Å². The molecule has 0 radical (unpaired) electrons. The van der Waals surface area contributed by atoms with Gasteiger partial charge in [-0.15, -0.1) is 0 Å². The third-order valence-corrected chi connectivity index (χ3v) is 3.25. The van der Waals surface area contributed by atoms with Crippen LogP contribution in [0.15, 0.2) is 53.2 Å². The summed E-state index contributed by atoms with van der Waals surface area (Å²) in [5.41, 5.74) is 1.95. The zero-order valence-corrected chi connectivity index (χ0v) is 12.2. The molecule has 0 fully saturated rings. The summed E-state index contributed by atoms with van der Waals surface area (Å²) in [6, 6.07) is 13.0. The molecule has 0 aliphatic heterocycles. The van der Waals surface area contributed by atoms with Gasteiger partial charge < -0.3 is 9.84 Å². The largest absolute Gasteiger partial charge is 0.355 e. The fourth-order valence-corrected chi connectivity index (χ4v) is 2.06. The van der Waals surface area contributed by atoms with E-state index in [4.69, 9.17) is 4.52 Å².